The first kappa shape index (κ1) is 17.5. The summed E-state index contributed by atoms with van der Waals surface area (Å²) in [5, 5.41) is 4.01. The Bertz CT molecular complexity index is 417. The highest BCUT2D eigenvalue weighted by Gasteiger charge is 2.19. The summed E-state index contributed by atoms with van der Waals surface area (Å²) in [7, 11) is 0. The van der Waals surface area contributed by atoms with E-state index in [0.717, 1.165) is 12.1 Å². The number of halogens is 2. The molecule has 114 valence electrons. The zero-order valence-corrected chi connectivity index (χ0v) is 13.9. The molecule has 3 heteroatoms. The Morgan fingerprint density at radius 3 is 2.60 bits per heavy atom. The summed E-state index contributed by atoms with van der Waals surface area (Å²) >= 11 is 6.10. The Morgan fingerprint density at radius 1 is 1.30 bits per heavy atom. The summed E-state index contributed by atoms with van der Waals surface area (Å²) in [6, 6.07) is 4.74. The molecule has 0 aliphatic heterocycles. The van der Waals surface area contributed by atoms with E-state index in [0.29, 0.717) is 5.02 Å². The summed E-state index contributed by atoms with van der Waals surface area (Å²) in [5.41, 5.74) is 1.23. The molecule has 1 unspecified atom stereocenters. The van der Waals surface area contributed by atoms with E-state index in [9.17, 15) is 4.39 Å². The quantitative estimate of drug-likeness (QED) is 0.604. The van der Waals surface area contributed by atoms with Gasteiger partial charge in [-0.3, -0.25) is 0 Å². The fourth-order valence-corrected chi connectivity index (χ4v) is 2.66. The van der Waals surface area contributed by atoms with Crippen molar-refractivity contribution in [3.8, 4) is 0 Å². The molecule has 0 fully saturated rings. The van der Waals surface area contributed by atoms with Crippen LogP contribution in [0.1, 0.15) is 65.0 Å². The largest absolute Gasteiger partial charge is 0.310 e. The van der Waals surface area contributed by atoms with Gasteiger partial charge in [0, 0.05) is 17.6 Å². The van der Waals surface area contributed by atoms with Crippen LogP contribution >= 0.6 is 11.6 Å². The molecule has 0 saturated carbocycles. The fourth-order valence-electron chi connectivity index (χ4n) is 2.33. The van der Waals surface area contributed by atoms with E-state index >= 15 is 0 Å². The second kappa shape index (κ2) is 7.99. The van der Waals surface area contributed by atoms with Gasteiger partial charge in [0.15, 0.2) is 0 Å². The lowest BCUT2D eigenvalue weighted by atomic mass is 9.86. The smallest absolute Gasteiger partial charge is 0.124 e. The van der Waals surface area contributed by atoms with E-state index in [-0.39, 0.29) is 17.3 Å². The first-order valence-electron chi connectivity index (χ1n) is 7.54. The van der Waals surface area contributed by atoms with Gasteiger partial charge in [-0.15, -0.1) is 0 Å². The van der Waals surface area contributed by atoms with E-state index in [1.54, 1.807) is 6.07 Å². The van der Waals surface area contributed by atoms with Crippen molar-refractivity contribution in [3.63, 3.8) is 0 Å². The molecule has 1 rings (SSSR count). The third-order valence-electron chi connectivity index (χ3n) is 3.77. The summed E-state index contributed by atoms with van der Waals surface area (Å²) in [6.45, 7) is 9.81. The number of rotatable bonds is 8. The molecule has 0 saturated heterocycles. The minimum absolute atomic E-state index is 0.133. The molecule has 20 heavy (non-hydrogen) atoms. The minimum Gasteiger partial charge on any atom is -0.310 e. The fraction of sp³-hybridized carbons (Fsp3) is 0.647. The normalized spacial score (nSPS) is 13.5. The monoisotopic (exact) mass is 299 g/mol. The lowest BCUT2D eigenvalue weighted by Crippen LogP contribution is -2.31. The Kier molecular flexibility index (Phi) is 6.97. The Labute approximate surface area is 127 Å². The zero-order valence-electron chi connectivity index (χ0n) is 13.1. The maximum Gasteiger partial charge on any atom is 0.124 e. The molecular formula is C17H27ClFN. The maximum atomic E-state index is 13.1. The van der Waals surface area contributed by atoms with Crippen LogP contribution in [0, 0.1) is 11.2 Å². The molecule has 0 radical (unpaired) electrons. The van der Waals surface area contributed by atoms with Crippen LogP contribution in [0.2, 0.25) is 5.02 Å². The van der Waals surface area contributed by atoms with Crippen molar-refractivity contribution in [1.29, 1.82) is 0 Å². The van der Waals surface area contributed by atoms with Crippen molar-refractivity contribution in [1.82, 2.24) is 5.32 Å². The van der Waals surface area contributed by atoms with Gasteiger partial charge in [-0.05, 0) is 36.5 Å². The zero-order chi connectivity index (χ0) is 15.2. The molecule has 0 aliphatic rings. The van der Waals surface area contributed by atoms with Crippen LogP contribution in [-0.2, 0) is 0 Å². The van der Waals surface area contributed by atoms with Gasteiger partial charge in [0.1, 0.15) is 5.82 Å². The first-order chi connectivity index (χ1) is 9.35. The molecule has 0 amide bonds. The van der Waals surface area contributed by atoms with Crippen LogP contribution < -0.4 is 5.32 Å². The predicted octanol–water partition coefficient (Wildman–Crippen LogP) is 5.74. The van der Waals surface area contributed by atoms with Crippen molar-refractivity contribution in [2.75, 3.05) is 6.54 Å². The van der Waals surface area contributed by atoms with Crippen molar-refractivity contribution >= 4 is 11.6 Å². The predicted molar refractivity (Wildman–Crippen MR) is 85.8 cm³/mol. The molecule has 1 aromatic rings. The molecule has 0 aliphatic carbocycles. The number of hydrogen-bond acceptors (Lipinski definition) is 1. The molecular weight excluding hydrogens is 273 g/mol. The van der Waals surface area contributed by atoms with Gasteiger partial charge in [-0.2, -0.15) is 0 Å². The van der Waals surface area contributed by atoms with Gasteiger partial charge in [0.2, 0.25) is 0 Å². The SMILES string of the molecule is CCCCCC(C)(C)CNC(C)c1ccc(F)cc1Cl. The van der Waals surface area contributed by atoms with E-state index in [2.05, 4.69) is 33.0 Å². The number of nitrogens with one attached hydrogen (secondary N) is 1. The highest BCUT2D eigenvalue weighted by atomic mass is 35.5. The van der Waals surface area contributed by atoms with E-state index in [4.69, 9.17) is 11.6 Å². The molecule has 1 N–H and O–H groups in total. The van der Waals surface area contributed by atoms with Gasteiger partial charge < -0.3 is 5.32 Å². The molecule has 1 nitrogen and oxygen atoms in total. The van der Waals surface area contributed by atoms with Gasteiger partial charge in [0.25, 0.3) is 0 Å². The van der Waals surface area contributed by atoms with Crippen molar-refractivity contribution in [2.24, 2.45) is 5.41 Å². The van der Waals surface area contributed by atoms with E-state index in [1.165, 1.54) is 37.8 Å². The summed E-state index contributed by atoms with van der Waals surface area (Å²) < 4.78 is 13.1. The third kappa shape index (κ3) is 5.80. The molecule has 0 spiro atoms. The van der Waals surface area contributed by atoms with Gasteiger partial charge in [-0.25, -0.2) is 4.39 Å². The van der Waals surface area contributed by atoms with Gasteiger partial charge in [0.05, 0.1) is 0 Å². The molecule has 0 aromatic heterocycles. The van der Waals surface area contributed by atoms with Crippen molar-refractivity contribution in [2.45, 2.75) is 59.4 Å². The molecule has 1 atom stereocenters. The summed E-state index contributed by atoms with van der Waals surface area (Å²) in [5.74, 6) is -0.286. The number of hydrogen-bond donors (Lipinski definition) is 1. The van der Waals surface area contributed by atoms with E-state index in [1.807, 2.05) is 0 Å². The molecule has 0 bridgehead atoms. The summed E-state index contributed by atoms with van der Waals surface area (Å²) in [6.07, 6.45) is 5.04. The van der Waals surface area contributed by atoms with Crippen LogP contribution in [0.4, 0.5) is 4.39 Å². The van der Waals surface area contributed by atoms with Gasteiger partial charge >= 0.3 is 0 Å². The van der Waals surface area contributed by atoms with Crippen molar-refractivity contribution in [3.05, 3.63) is 34.6 Å². The van der Waals surface area contributed by atoms with E-state index < -0.39 is 0 Å². The number of unbranched alkanes of at least 4 members (excludes halogenated alkanes) is 2. The van der Waals surface area contributed by atoms with Gasteiger partial charge in [-0.1, -0.05) is 57.7 Å². The second-order valence-corrected chi connectivity index (χ2v) is 6.80. The Morgan fingerprint density at radius 2 is 2.00 bits per heavy atom. The molecule has 0 heterocycles. The summed E-state index contributed by atoms with van der Waals surface area (Å²) in [4.78, 5) is 0. The Balaban J connectivity index is 2.51. The Hall–Kier alpha value is -0.600. The van der Waals surface area contributed by atoms with Crippen LogP contribution in [0.5, 0.6) is 0 Å². The van der Waals surface area contributed by atoms with Crippen LogP contribution in [-0.4, -0.2) is 6.54 Å². The third-order valence-corrected chi connectivity index (χ3v) is 4.10. The maximum absolute atomic E-state index is 13.1. The average Bonchev–Trinajstić information content (AvgIpc) is 2.36. The highest BCUT2D eigenvalue weighted by molar-refractivity contribution is 6.31. The van der Waals surface area contributed by atoms with Crippen LogP contribution in [0.15, 0.2) is 18.2 Å². The minimum atomic E-state index is -0.286. The number of benzene rings is 1. The van der Waals surface area contributed by atoms with Crippen LogP contribution in [0.3, 0.4) is 0 Å². The average molecular weight is 300 g/mol. The lowest BCUT2D eigenvalue weighted by Gasteiger charge is -2.27. The van der Waals surface area contributed by atoms with Crippen LogP contribution in [0.25, 0.3) is 0 Å². The molecule has 1 aromatic carbocycles. The second-order valence-electron chi connectivity index (χ2n) is 6.39. The van der Waals surface area contributed by atoms with Crippen molar-refractivity contribution < 1.29 is 4.39 Å². The lowest BCUT2D eigenvalue weighted by molar-refractivity contribution is 0.291. The first-order valence-corrected chi connectivity index (χ1v) is 7.92. The highest BCUT2D eigenvalue weighted by Crippen LogP contribution is 2.27. The topological polar surface area (TPSA) is 12.0 Å². The standard InChI is InChI=1S/C17H27ClFN/c1-5-6-7-10-17(3,4)12-20-13(2)15-9-8-14(19)11-16(15)18/h8-9,11,13,20H,5-7,10,12H2,1-4H3.